The number of ether oxygens (including phenoxy) is 1. The molecule has 6 nitrogen and oxygen atoms in total. The van der Waals surface area contributed by atoms with Crippen LogP contribution in [-0.2, 0) is 13.6 Å². The third-order valence-electron chi connectivity index (χ3n) is 5.46. The van der Waals surface area contributed by atoms with E-state index < -0.39 is 0 Å². The summed E-state index contributed by atoms with van der Waals surface area (Å²) in [5.41, 5.74) is 2.33. The van der Waals surface area contributed by atoms with Gasteiger partial charge in [-0.1, -0.05) is 18.2 Å². The van der Waals surface area contributed by atoms with E-state index in [2.05, 4.69) is 45.0 Å². The van der Waals surface area contributed by atoms with Crippen LogP contribution in [0.3, 0.4) is 0 Å². The number of aryl methyl sites for hydroxylation is 1. The number of nitrogens with zero attached hydrogens (tertiary/aromatic N) is 3. The first-order chi connectivity index (χ1) is 12.7. The highest BCUT2D eigenvalue weighted by Gasteiger charge is 2.43. The summed E-state index contributed by atoms with van der Waals surface area (Å²) in [5, 5.41) is 11.2. The lowest BCUT2D eigenvalue weighted by atomic mass is 9.86. The number of fused-ring (bicyclic) bond motifs is 1. The molecule has 1 aliphatic carbocycles. The third kappa shape index (κ3) is 3.41. The zero-order chi connectivity index (χ0) is 18.0. The second-order valence-electron chi connectivity index (χ2n) is 7.38. The smallest absolute Gasteiger partial charge is 0.191 e. The molecule has 0 radical (unpaired) electrons. The number of benzene rings is 1. The fourth-order valence-corrected chi connectivity index (χ4v) is 4.18. The molecular weight excluding hydrogens is 326 g/mol. The maximum atomic E-state index is 6.45. The van der Waals surface area contributed by atoms with Crippen molar-refractivity contribution in [1.29, 1.82) is 0 Å². The van der Waals surface area contributed by atoms with Crippen LogP contribution in [0.4, 0.5) is 0 Å². The predicted molar refractivity (Wildman–Crippen MR) is 102 cm³/mol. The Morgan fingerprint density at radius 1 is 1.35 bits per heavy atom. The van der Waals surface area contributed by atoms with E-state index in [1.165, 1.54) is 18.4 Å². The van der Waals surface area contributed by atoms with E-state index in [1.54, 1.807) is 0 Å². The van der Waals surface area contributed by atoms with E-state index in [4.69, 9.17) is 4.74 Å². The Hall–Kier alpha value is -2.50. The van der Waals surface area contributed by atoms with Crippen LogP contribution in [0, 0.1) is 0 Å². The van der Waals surface area contributed by atoms with Crippen molar-refractivity contribution >= 4 is 5.96 Å². The second-order valence-corrected chi connectivity index (χ2v) is 7.38. The van der Waals surface area contributed by atoms with E-state index in [-0.39, 0.29) is 11.6 Å². The summed E-state index contributed by atoms with van der Waals surface area (Å²) in [7, 11) is 3.74. The molecule has 0 amide bonds. The number of para-hydroxylation sites is 1. The lowest BCUT2D eigenvalue weighted by Gasteiger charge is -2.40. The Kier molecular flexibility index (Phi) is 4.57. The van der Waals surface area contributed by atoms with Crippen molar-refractivity contribution in [2.45, 2.75) is 50.3 Å². The van der Waals surface area contributed by atoms with Crippen LogP contribution < -0.4 is 15.4 Å². The van der Waals surface area contributed by atoms with Gasteiger partial charge in [0.15, 0.2) is 5.96 Å². The SMILES string of the molecule is CN=C(NCc1cnn(C)c1)NC1CC2(CCCC2)Oc2ccccc21. The monoisotopic (exact) mass is 353 g/mol. The largest absolute Gasteiger partial charge is 0.487 e. The Morgan fingerprint density at radius 2 is 2.15 bits per heavy atom. The van der Waals surface area contributed by atoms with E-state index in [0.717, 1.165) is 36.5 Å². The highest BCUT2D eigenvalue weighted by Crippen LogP contribution is 2.46. The molecule has 1 saturated carbocycles. The molecule has 6 heteroatoms. The summed E-state index contributed by atoms with van der Waals surface area (Å²) in [6, 6.07) is 8.59. The van der Waals surface area contributed by atoms with Gasteiger partial charge in [0.1, 0.15) is 11.4 Å². The molecule has 26 heavy (non-hydrogen) atoms. The van der Waals surface area contributed by atoms with E-state index in [9.17, 15) is 0 Å². The topological polar surface area (TPSA) is 63.5 Å². The number of hydrogen-bond donors (Lipinski definition) is 2. The molecule has 2 heterocycles. The molecule has 1 aliphatic heterocycles. The van der Waals surface area contributed by atoms with Gasteiger partial charge in [0.2, 0.25) is 0 Å². The molecule has 0 saturated heterocycles. The normalized spacial score (nSPS) is 21.3. The quantitative estimate of drug-likeness (QED) is 0.658. The van der Waals surface area contributed by atoms with Crippen LogP contribution in [0.15, 0.2) is 41.7 Å². The minimum absolute atomic E-state index is 0.0196. The average Bonchev–Trinajstić information content (AvgIpc) is 3.27. The first-order valence-corrected chi connectivity index (χ1v) is 9.40. The molecule has 1 spiro atoms. The zero-order valence-corrected chi connectivity index (χ0v) is 15.5. The second kappa shape index (κ2) is 7.02. The van der Waals surface area contributed by atoms with Crippen LogP contribution in [0.2, 0.25) is 0 Å². The fourth-order valence-electron chi connectivity index (χ4n) is 4.18. The number of aliphatic imine (C=N–C) groups is 1. The van der Waals surface area contributed by atoms with Crippen molar-refractivity contribution in [1.82, 2.24) is 20.4 Å². The molecule has 2 N–H and O–H groups in total. The molecule has 1 aromatic heterocycles. The van der Waals surface area contributed by atoms with Gasteiger partial charge in [-0.3, -0.25) is 9.67 Å². The summed E-state index contributed by atoms with van der Waals surface area (Å²) in [6.45, 7) is 0.698. The molecule has 1 aromatic carbocycles. The molecule has 4 rings (SSSR count). The van der Waals surface area contributed by atoms with E-state index in [0.29, 0.717) is 6.54 Å². The molecule has 1 atom stereocenters. The molecule has 1 fully saturated rings. The minimum atomic E-state index is -0.0196. The van der Waals surface area contributed by atoms with Gasteiger partial charge < -0.3 is 15.4 Å². The van der Waals surface area contributed by atoms with Gasteiger partial charge in [-0.25, -0.2) is 0 Å². The standard InChI is InChI=1S/C20H27N5O/c1-21-19(22-12-15-13-23-25(2)14-15)24-17-11-20(9-5-6-10-20)26-18-8-4-3-7-16(17)18/h3-4,7-8,13-14,17H,5-6,9-12H2,1-2H3,(H2,21,22,24). The van der Waals surface area contributed by atoms with Crippen molar-refractivity contribution in [2.24, 2.45) is 12.0 Å². The van der Waals surface area contributed by atoms with Crippen molar-refractivity contribution in [3.63, 3.8) is 0 Å². The van der Waals surface area contributed by atoms with Gasteiger partial charge in [0, 0.05) is 44.4 Å². The van der Waals surface area contributed by atoms with Gasteiger partial charge in [0.25, 0.3) is 0 Å². The summed E-state index contributed by atoms with van der Waals surface area (Å²) in [5.74, 6) is 1.82. The van der Waals surface area contributed by atoms with Crippen molar-refractivity contribution in [3.8, 4) is 5.75 Å². The van der Waals surface area contributed by atoms with Gasteiger partial charge in [0.05, 0.1) is 12.2 Å². The highest BCUT2D eigenvalue weighted by molar-refractivity contribution is 5.80. The lowest BCUT2D eigenvalue weighted by molar-refractivity contribution is 0.0396. The maximum Gasteiger partial charge on any atom is 0.191 e. The predicted octanol–water partition coefficient (Wildman–Crippen LogP) is 2.92. The fraction of sp³-hybridized carbons (Fsp3) is 0.500. The molecule has 0 bridgehead atoms. The van der Waals surface area contributed by atoms with Gasteiger partial charge >= 0.3 is 0 Å². The maximum absolute atomic E-state index is 6.45. The van der Waals surface area contributed by atoms with Crippen molar-refractivity contribution in [2.75, 3.05) is 7.05 Å². The number of aromatic nitrogens is 2. The Bertz CT molecular complexity index is 791. The molecule has 1 unspecified atom stereocenters. The Balaban J connectivity index is 1.49. The van der Waals surface area contributed by atoms with E-state index in [1.807, 2.05) is 31.2 Å². The number of nitrogens with one attached hydrogen (secondary N) is 2. The molecule has 2 aromatic rings. The highest BCUT2D eigenvalue weighted by atomic mass is 16.5. The van der Waals surface area contributed by atoms with Crippen molar-refractivity contribution in [3.05, 3.63) is 47.8 Å². The van der Waals surface area contributed by atoms with Crippen LogP contribution in [0.1, 0.15) is 49.3 Å². The first kappa shape index (κ1) is 16.9. The lowest BCUT2D eigenvalue weighted by Crippen LogP contribution is -2.46. The van der Waals surface area contributed by atoms with Crippen LogP contribution >= 0.6 is 0 Å². The molecular formula is C20H27N5O. The number of rotatable bonds is 3. The van der Waals surface area contributed by atoms with Gasteiger partial charge in [-0.2, -0.15) is 5.10 Å². The van der Waals surface area contributed by atoms with E-state index >= 15 is 0 Å². The molecule has 138 valence electrons. The first-order valence-electron chi connectivity index (χ1n) is 9.40. The minimum Gasteiger partial charge on any atom is -0.487 e. The Morgan fingerprint density at radius 3 is 2.88 bits per heavy atom. The van der Waals surface area contributed by atoms with Gasteiger partial charge in [-0.15, -0.1) is 0 Å². The summed E-state index contributed by atoms with van der Waals surface area (Å²) in [6.07, 6.45) is 9.65. The molecule has 2 aliphatic rings. The Labute approximate surface area is 154 Å². The number of guanidine groups is 1. The van der Waals surface area contributed by atoms with Crippen LogP contribution in [0.25, 0.3) is 0 Å². The summed E-state index contributed by atoms with van der Waals surface area (Å²) >= 11 is 0. The number of hydrogen-bond acceptors (Lipinski definition) is 3. The summed E-state index contributed by atoms with van der Waals surface area (Å²) in [4.78, 5) is 4.42. The third-order valence-corrected chi connectivity index (χ3v) is 5.46. The zero-order valence-electron chi connectivity index (χ0n) is 15.5. The van der Waals surface area contributed by atoms with Crippen LogP contribution in [-0.4, -0.2) is 28.4 Å². The van der Waals surface area contributed by atoms with Gasteiger partial charge in [-0.05, 0) is 31.7 Å². The average molecular weight is 353 g/mol. The van der Waals surface area contributed by atoms with Crippen molar-refractivity contribution < 1.29 is 4.74 Å². The summed E-state index contributed by atoms with van der Waals surface area (Å²) < 4.78 is 8.26. The van der Waals surface area contributed by atoms with Crippen LogP contribution in [0.5, 0.6) is 5.75 Å².